The van der Waals surface area contributed by atoms with Gasteiger partial charge in [-0.25, -0.2) is 0 Å². The van der Waals surface area contributed by atoms with Crippen molar-refractivity contribution in [1.82, 2.24) is 4.98 Å². The molecule has 0 fully saturated rings. The summed E-state index contributed by atoms with van der Waals surface area (Å²) in [6, 6.07) is 6.12. The number of aryl methyl sites for hydroxylation is 1. The molecule has 1 rings (SSSR count). The largest absolute Gasteiger partial charge is 0.261 e. The molecule has 0 aliphatic rings. The molecule has 1 aromatic rings. The smallest absolute Gasteiger partial charge is 0.0403 e. The zero-order valence-electron chi connectivity index (χ0n) is 8.36. The number of halogens is 1. The lowest BCUT2D eigenvalue weighted by molar-refractivity contribution is 0.513. The van der Waals surface area contributed by atoms with Gasteiger partial charge in [0.05, 0.1) is 0 Å². The number of nitrogens with zero attached hydrogens (tertiary/aromatic N) is 1. The van der Waals surface area contributed by atoms with Gasteiger partial charge in [0.25, 0.3) is 0 Å². The van der Waals surface area contributed by atoms with Crippen molar-refractivity contribution < 1.29 is 0 Å². The van der Waals surface area contributed by atoms with Gasteiger partial charge in [-0.1, -0.05) is 26.3 Å². The summed E-state index contributed by atoms with van der Waals surface area (Å²) >= 11 is 0. The topological polar surface area (TPSA) is 12.9 Å². The number of aromatic nitrogens is 1. The van der Waals surface area contributed by atoms with E-state index >= 15 is 0 Å². The minimum atomic E-state index is 0. The maximum Gasteiger partial charge on any atom is 0.0403 e. The van der Waals surface area contributed by atoms with Crippen molar-refractivity contribution in [2.24, 2.45) is 5.92 Å². The van der Waals surface area contributed by atoms with Gasteiger partial charge in [-0.2, -0.15) is 0 Å². The third-order valence-corrected chi connectivity index (χ3v) is 2.32. The molecule has 1 aromatic heterocycles. The quantitative estimate of drug-likeness (QED) is 0.724. The summed E-state index contributed by atoms with van der Waals surface area (Å²) in [6.07, 6.45) is 5.52. The zero-order chi connectivity index (χ0) is 8.81. The van der Waals surface area contributed by atoms with Crippen LogP contribution in [0.5, 0.6) is 0 Å². The van der Waals surface area contributed by atoms with Crippen LogP contribution in [0, 0.1) is 5.92 Å². The number of hydrogen-bond donors (Lipinski definition) is 0. The van der Waals surface area contributed by atoms with Gasteiger partial charge in [0.1, 0.15) is 0 Å². The molecule has 0 amide bonds. The van der Waals surface area contributed by atoms with Crippen LogP contribution in [-0.2, 0) is 6.42 Å². The Bertz CT molecular complexity index is 211. The molecule has 2 heteroatoms. The van der Waals surface area contributed by atoms with E-state index in [0.717, 1.165) is 12.3 Å². The van der Waals surface area contributed by atoms with Crippen LogP contribution in [0.25, 0.3) is 0 Å². The molecule has 0 aliphatic heterocycles. The molecule has 0 radical (unpaired) electrons. The van der Waals surface area contributed by atoms with Crippen LogP contribution in [0.2, 0.25) is 0 Å². The molecule has 1 nitrogen and oxygen atoms in total. The Labute approximate surface area is 87.0 Å². The van der Waals surface area contributed by atoms with Crippen molar-refractivity contribution in [3.63, 3.8) is 0 Å². The van der Waals surface area contributed by atoms with Crippen LogP contribution in [0.4, 0.5) is 0 Å². The van der Waals surface area contributed by atoms with Crippen LogP contribution < -0.4 is 0 Å². The molecule has 0 spiro atoms. The summed E-state index contributed by atoms with van der Waals surface area (Å²) in [4.78, 5) is 4.28. The third kappa shape index (κ3) is 4.89. The van der Waals surface area contributed by atoms with Crippen molar-refractivity contribution in [3.8, 4) is 0 Å². The molecule has 1 unspecified atom stereocenters. The fourth-order valence-electron chi connectivity index (χ4n) is 1.14. The average molecular weight is 200 g/mol. The summed E-state index contributed by atoms with van der Waals surface area (Å²) in [7, 11) is 0. The van der Waals surface area contributed by atoms with Crippen molar-refractivity contribution in [1.29, 1.82) is 0 Å². The first-order valence-electron chi connectivity index (χ1n) is 4.72. The van der Waals surface area contributed by atoms with Gasteiger partial charge >= 0.3 is 0 Å². The minimum Gasteiger partial charge on any atom is -0.261 e. The highest BCUT2D eigenvalue weighted by molar-refractivity contribution is 5.85. The minimum absolute atomic E-state index is 0. The van der Waals surface area contributed by atoms with Crippen LogP contribution in [-0.4, -0.2) is 4.98 Å². The third-order valence-electron chi connectivity index (χ3n) is 2.32. The Kier molecular flexibility index (Phi) is 6.61. The standard InChI is InChI=1S/C11H17N.ClH/c1-3-10(2)7-8-11-6-4-5-9-12-11;/h4-6,9-10H,3,7-8H2,1-2H3;1H. The predicted molar refractivity (Wildman–Crippen MR) is 59.3 cm³/mol. The first-order chi connectivity index (χ1) is 5.83. The molecule has 1 heterocycles. The molecule has 0 N–H and O–H groups in total. The summed E-state index contributed by atoms with van der Waals surface area (Å²) in [6.45, 7) is 4.53. The first kappa shape index (κ1) is 12.4. The fraction of sp³-hybridized carbons (Fsp3) is 0.545. The predicted octanol–water partition coefficient (Wildman–Crippen LogP) is 3.48. The number of rotatable bonds is 4. The molecule has 74 valence electrons. The molecule has 1 atom stereocenters. The van der Waals surface area contributed by atoms with Crippen molar-refractivity contribution in [3.05, 3.63) is 30.1 Å². The number of hydrogen-bond acceptors (Lipinski definition) is 1. The second-order valence-electron chi connectivity index (χ2n) is 3.37. The monoisotopic (exact) mass is 199 g/mol. The lowest BCUT2D eigenvalue weighted by atomic mass is 10.0. The van der Waals surface area contributed by atoms with E-state index in [-0.39, 0.29) is 12.4 Å². The van der Waals surface area contributed by atoms with Gasteiger partial charge < -0.3 is 0 Å². The summed E-state index contributed by atoms with van der Waals surface area (Å²) < 4.78 is 0. The Morgan fingerprint density at radius 2 is 2.15 bits per heavy atom. The van der Waals surface area contributed by atoms with Crippen molar-refractivity contribution in [2.45, 2.75) is 33.1 Å². The number of pyridine rings is 1. The van der Waals surface area contributed by atoms with Gasteiger partial charge in [-0.15, -0.1) is 12.4 Å². The lowest BCUT2D eigenvalue weighted by Crippen LogP contribution is -1.96. The van der Waals surface area contributed by atoms with E-state index < -0.39 is 0 Å². The van der Waals surface area contributed by atoms with E-state index in [9.17, 15) is 0 Å². The van der Waals surface area contributed by atoms with Crippen LogP contribution in [0.1, 0.15) is 32.4 Å². The van der Waals surface area contributed by atoms with Crippen molar-refractivity contribution >= 4 is 12.4 Å². The first-order valence-corrected chi connectivity index (χ1v) is 4.72. The van der Waals surface area contributed by atoms with Crippen molar-refractivity contribution in [2.75, 3.05) is 0 Å². The van der Waals surface area contributed by atoms with E-state index in [0.29, 0.717) is 0 Å². The van der Waals surface area contributed by atoms with Gasteiger partial charge in [0.15, 0.2) is 0 Å². The Morgan fingerprint density at radius 3 is 2.69 bits per heavy atom. The molecule has 13 heavy (non-hydrogen) atoms. The highest BCUT2D eigenvalue weighted by Gasteiger charge is 1.99. The van der Waals surface area contributed by atoms with E-state index in [1.54, 1.807) is 0 Å². The molecular weight excluding hydrogens is 182 g/mol. The van der Waals surface area contributed by atoms with Gasteiger partial charge in [0.2, 0.25) is 0 Å². The zero-order valence-corrected chi connectivity index (χ0v) is 9.18. The summed E-state index contributed by atoms with van der Waals surface area (Å²) in [5, 5.41) is 0. The molecule has 0 saturated carbocycles. The maximum absolute atomic E-state index is 4.28. The van der Waals surface area contributed by atoms with Crippen LogP contribution in [0.15, 0.2) is 24.4 Å². The lowest BCUT2D eigenvalue weighted by Gasteiger charge is -2.06. The van der Waals surface area contributed by atoms with Gasteiger partial charge in [-0.05, 0) is 30.9 Å². The Hall–Kier alpha value is -0.560. The molecular formula is C11H18ClN. The molecule has 0 aromatic carbocycles. The van der Waals surface area contributed by atoms with E-state index in [1.165, 1.54) is 18.5 Å². The van der Waals surface area contributed by atoms with Crippen LogP contribution in [0.3, 0.4) is 0 Å². The normalized spacial score (nSPS) is 11.8. The highest BCUT2D eigenvalue weighted by atomic mass is 35.5. The van der Waals surface area contributed by atoms with Gasteiger partial charge in [-0.3, -0.25) is 4.98 Å². The van der Waals surface area contributed by atoms with E-state index in [1.807, 2.05) is 12.3 Å². The fourth-order valence-corrected chi connectivity index (χ4v) is 1.14. The second kappa shape index (κ2) is 6.90. The Balaban J connectivity index is 0.00000144. The van der Waals surface area contributed by atoms with Crippen LogP contribution >= 0.6 is 12.4 Å². The highest BCUT2D eigenvalue weighted by Crippen LogP contribution is 2.09. The maximum atomic E-state index is 4.28. The SMILES string of the molecule is CCC(C)CCc1ccccn1.Cl. The summed E-state index contributed by atoms with van der Waals surface area (Å²) in [5.41, 5.74) is 1.22. The molecule has 0 bridgehead atoms. The molecule has 0 aliphatic carbocycles. The van der Waals surface area contributed by atoms with E-state index in [4.69, 9.17) is 0 Å². The van der Waals surface area contributed by atoms with E-state index in [2.05, 4.69) is 31.0 Å². The molecule has 0 saturated heterocycles. The average Bonchev–Trinajstić information content (AvgIpc) is 2.16. The second-order valence-corrected chi connectivity index (χ2v) is 3.37. The Morgan fingerprint density at radius 1 is 1.38 bits per heavy atom. The van der Waals surface area contributed by atoms with Gasteiger partial charge in [0, 0.05) is 11.9 Å². The summed E-state index contributed by atoms with van der Waals surface area (Å²) in [5.74, 6) is 0.826.